The Bertz CT molecular complexity index is 189. The van der Waals surface area contributed by atoms with Crippen molar-refractivity contribution in [3.05, 3.63) is 0 Å². The van der Waals surface area contributed by atoms with Crippen LogP contribution in [0.15, 0.2) is 0 Å². The molecule has 0 aromatic heterocycles. The van der Waals surface area contributed by atoms with Gasteiger partial charge in [0.05, 0.1) is 0 Å². The van der Waals surface area contributed by atoms with Crippen molar-refractivity contribution in [2.45, 2.75) is 0 Å². The molecule has 0 aliphatic carbocycles. The van der Waals surface area contributed by atoms with Crippen molar-refractivity contribution >= 4 is 20.4 Å². The third-order valence-electron chi connectivity index (χ3n) is 0.561. The standard InChI is InChI=1S/C3H3F4O4P/c4-1-10-2(8)3(9)11-12(5,6)7/h12H,1H2. The fourth-order valence-corrected chi connectivity index (χ4v) is 0.549. The average Bonchev–Trinajstić information content (AvgIpc) is 1.84. The van der Waals surface area contributed by atoms with E-state index in [1.54, 1.807) is 0 Å². The van der Waals surface area contributed by atoms with E-state index in [2.05, 4.69) is 9.26 Å². The Morgan fingerprint density at radius 3 is 2.00 bits per heavy atom. The van der Waals surface area contributed by atoms with Crippen molar-refractivity contribution in [1.82, 2.24) is 0 Å². The number of alkyl halides is 1. The Balaban J connectivity index is 3.97. The average molecular weight is 210 g/mol. The van der Waals surface area contributed by atoms with Crippen LogP contribution in [0.2, 0.25) is 0 Å². The zero-order valence-electron chi connectivity index (χ0n) is 5.35. The molecular formula is C3H3F4O4P. The van der Waals surface area contributed by atoms with E-state index in [9.17, 15) is 26.6 Å². The quantitative estimate of drug-likeness (QED) is 0.298. The summed E-state index contributed by atoms with van der Waals surface area (Å²) in [6.45, 7) is -1.67. The Morgan fingerprint density at radius 2 is 1.67 bits per heavy atom. The molecule has 0 aliphatic heterocycles. The van der Waals surface area contributed by atoms with Crippen LogP contribution in [0.4, 0.5) is 17.0 Å². The maximum absolute atomic E-state index is 11.3. The van der Waals surface area contributed by atoms with Crippen LogP contribution in [-0.2, 0) is 18.8 Å². The van der Waals surface area contributed by atoms with E-state index in [0.29, 0.717) is 0 Å². The third kappa shape index (κ3) is 4.84. The number of rotatable bonds is 2. The van der Waals surface area contributed by atoms with Gasteiger partial charge in [-0.1, -0.05) is 0 Å². The summed E-state index contributed by atoms with van der Waals surface area (Å²) in [5.74, 6) is -4.24. The molecule has 12 heavy (non-hydrogen) atoms. The summed E-state index contributed by atoms with van der Waals surface area (Å²) in [5, 5.41) is 0. The number of hydrogen-bond acceptors (Lipinski definition) is 4. The van der Waals surface area contributed by atoms with E-state index >= 15 is 0 Å². The van der Waals surface area contributed by atoms with Gasteiger partial charge in [-0.3, -0.25) is 0 Å². The van der Waals surface area contributed by atoms with Crippen molar-refractivity contribution < 1.29 is 35.8 Å². The van der Waals surface area contributed by atoms with Gasteiger partial charge in [-0.15, -0.1) is 0 Å². The predicted octanol–water partition coefficient (Wildman–Crippen LogP) is 1.32. The molecule has 0 fully saturated rings. The molecule has 0 aromatic carbocycles. The Labute approximate surface area is 64.2 Å². The van der Waals surface area contributed by atoms with E-state index in [1.165, 1.54) is 0 Å². The zero-order valence-corrected chi connectivity index (χ0v) is 6.35. The van der Waals surface area contributed by atoms with Crippen LogP contribution >= 0.6 is 8.42 Å². The molecule has 0 atom stereocenters. The molecule has 0 saturated heterocycles. The summed E-state index contributed by atoms with van der Waals surface area (Å²) >= 11 is 0. The van der Waals surface area contributed by atoms with Crippen molar-refractivity contribution in [2.75, 3.05) is 6.86 Å². The zero-order chi connectivity index (χ0) is 9.78. The summed E-state index contributed by atoms with van der Waals surface area (Å²) in [6.07, 6.45) is 0. The molecule has 0 unspecified atom stereocenters. The molecule has 0 aliphatic rings. The van der Waals surface area contributed by atoms with Crippen LogP contribution in [0.3, 0.4) is 0 Å². The van der Waals surface area contributed by atoms with E-state index < -0.39 is 27.2 Å². The van der Waals surface area contributed by atoms with E-state index in [1.807, 2.05) is 0 Å². The Kier molecular flexibility index (Phi) is 3.88. The second-order valence-electron chi connectivity index (χ2n) is 1.38. The van der Waals surface area contributed by atoms with E-state index in [0.717, 1.165) is 0 Å². The molecule has 0 heterocycles. The van der Waals surface area contributed by atoms with Crippen LogP contribution in [0, 0.1) is 0 Å². The molecule has 0 N–H and O–H groups in total. The first-order valence-corrected chi connectivity index (χ1v) is 3.94. The Hall–Kier alpha value is -0.910. The monoisotopic (exact) mass is 210 g/mol. The SMILES string of the molecule is O=C(OCF)C(=O)O[PH](F)(F)F. The van der Waals surface area contributed by atoms with Gasteiger partial charge in [-0.25, -0.2) is 0 Å². The number of hydrogen-bond donors (Lipinski definition) is 0. The fourth-order valence-electron chi connectivity index (χ4n) is 0.255. The first-order valence-electron chi connectivity index (χ1n) is 2.39. The number of carbonyl (C=O) groups is 2. The van der Waals surface area contributed by atoms with Crippen LogP contribution in [0.25, 0.3) is 0 Å². The van der Waals surface area contributed by atoms with Crippen LogP contribution in [0.1, 0.15) is 0 Å². The first-order chi connectivity index (χ1) is 5.37. The molecule has 0 spiro atoms. The maximum atomic E-state index is 11.3. The predicted molar refractivity (Wildman–Crippen MR) is 29.8 cm³/mol. The number of esters is 1. The van der Waals surface area contributed by atoms with Gasteiger partial charge in [0.15, 0.2) is 0 Å². The van der Waals surface area contributed by atoms with Gasteiger partial charge >= 0.3 is 63.1 Å². The van der Waals surface area contributed by atoms with Crippen LogP contribution in [0.5, 0.6) is 0 Å². The number of halogens is 4. The summed E-state index contributed by atoms with van der Waals surface area (Å²) < 4.78 is 51.0. The van der Waals surface area contributed by atoms with E-state index in [-0.39, 0.29) is 0 Å². The van der Waals surface area contributed by atoms with Crippen molar-refractivity contribution in [3.8, 4) is 0 Å². The van der Waals surface area contributed by atoms with Crippen molar-refractivity contribution in [1.29, 1.82) is 0 Å². The summed E-state index contributed by atoms with van der Waals surface area (Å²) in [4.78, 5) is 20.0. The summed E-state index contributed by atoms with van der Waals surface area (Å²) in [5.41, 5.74) is 0. The van der Waals surface area contributed by atoms with Crippen LogP contribution < -0.4 is 0 Å². The van der Waals surface area contributed by atoms with E-state index in [4.69, 9.17) is 0 Å². The number of ether oxygens (including phenoxy) is 1. The van der Waals surface area contributed by atoms with Gasteiger partial charge in [0.2, 0.25) is 0 Å². The van der Waals surface area contributed by atoms with Gasteiger partial charge in [0.1, 0.15) is 0 Å². The van der Waals surface area contributed by atoms with Crippen LogP contribution in [-0.4, -0.2) is 18.8 Å². The van der Waals surface area contributed by atoms with Gasteiger partial charge in [0, 0.05) is 0 Å². The minimum atomic E-state index is -6.58. The second kappa shape index (κ2) is 4.20. The summed E-state index contributed by atoms with van der Waals surface area (Å²) in [6, 6.07) is 0. The molecule has 0 bridgehead atoms. The van der Waals surface area contributed by atoms with Crippen molar-refractivity contribution in [2.24, 2.45) is 0 Å². The Morgan fingerprint density at radius 1 is 1.17 bits per heavy atom. The molecular weight excluding hydrogens is 207 g/mol. The first kappa shape index (κ1) is 11.1. The minimum absolute atomic E-state index is 1.67. The van der Waals surface area contributed by atoms with Gasteiger partial charge < -0.3 is 0 Å². The molecule has 72 valence electrons. The molecule has 4 nitrogen and oxygen atoms in total. The van der Waals surface area contributed by atoms with Crippen molar-refractivity contribution in [3.63, 3.8) is 0 Å². The fraction of sp³-hybridized carbons (Fsp3) is 0.333. The normalized spacial score (nSPS) is 12.0. The summed E-state index contributed by atoms with van der Waals surface area (Å²) in [7, 11) is -6.58. The molecule has 0 radical (unpaired) electrons. The second-order valence-corrected chi connectivity index (χ2v) is 2.47. The van der Waals surface area contributed by atoms with Gasteiger partial charge in [-0.2, -0.15) is 0 Å². The molecule has 0 rings (SSSR count). The molecule has 0 aromatic rings. The molecule has 9 heteroatoms. The van der Waals surface area contributed by atoms with Gasteiger partial charge in [0.25, 0.3) is 0 Å². The van der Waals surface area contributed by atoms with Gasteiger partial charge in [-0.05, 0) is 0 Å². The third-order valence-corrected chi connectivity index (χ3v) is 0.978. The number of carbonyl (C=O) groups excluding carboxylic acids is 2. The molecule has 0 saturated carbocycles. The topological polar surface area (TPSA) is 52.6 Å². The molecule has 0 amide bonds.